The van der Waals surface area contributed by atoms with Crippen LogP contribution in [0.4, 0.5) is 8.78 Å². The number of amides is 1. The number of rotatable bonds is 6. The van der Waals surface area contributed by atoms with Gasteiger partial charge >= 0.3 is 6.61 Å². The monoisotopic (exact) mass is 438 g/mol. The van der Waals surface area contributed by atoms with Crippen molar-refractivity contribution in [3.63, 3.8) is 0 Å². The minimum atomic E-state index is -2.84. The molecule has 10 heteroatoms. The number of carbonyl (C=O) groups is 2. The van der Waals surface area contributed by atoms with Crippen LogP contribution in [0.3, 0.4) is 0 Å². The van der Waals surface area contributed by atoms with Crippen LogP contribution in [-0.4, -0.2) is 69.9 Å². The van der Waals surface area contributed by atoms with Gasteiger partial charge in [0.05, 0.1) is 11.8 Å². The summed E-state index contributed by atoms with van der Waals surface area (Å²) in [5, 5.41) is 11.2. The van der Waals surface area contributed by atoms with Crippen molar-refractivity contribution in [2.24, 2.45) is 0 Å². The fraction of sp³-hybridized carbons (Fsp3) is 0.476. The summed E-state index contributed by atoms with van der Waals surface area (Å²) in [6.07, 6.45) is 2.46. The molecule has 0 atom stereocenters. The maximum Gasteiger partial charge on any atom is 0.387 e. The average molecular weight is 438 g/mol. The molecule has 1 aliphatic rings. The topological polar surface area (TPSA) is 87.9 Å². The molecule has 0 aliphatic carbocycles. The van der Waals surface area contributed by atoms with Crippen molar-refractivity contribution in [2.75, 3.05) is 26.2 Å². The Hall–Kier alpha value is -3.01. The molecule has 3 rings (SSSR count). The van der Waals surface area contributed by atoms with Crippen molar-refractivity contribution in [2.45, 2.75) is 40.0 Å². The highest BCUT2D eigenvalue weighted by atomic mass is 19.3. The van der Waals surface area contributed by atoms with Crippen molar-refractivity contribution in [3.05, 3.63) is 47.3 Å². The number of halogens is 2. The van der Waals surface area contributed by atoms with Crippen molar-refractivity contribution < 1.29 is 28.2 Å². The van der Waals surface area contributed by atoms with Crippen LogP contribution in [0, 0.1) is 6.92 Å². The first-order valence-electron chi connectivity index (χ1n) is 10.1. The number of ether oxygens (including phenoxy) is 1. The summed E-state index contributed by atoms with van der Waals surface area (Å²) in [6.45, 7) is 4.78. The van der Waals surface area contributed by atoms with Gasteiger partial charge in [0.25, 0.3) is 12.4 Å². The summed E-state index contributed by atoms with van der Waals surface area (Å²) >= 11 is 0. The molecule has 1 N–H and O–H groups in total. The van der Waals surface area contributed by atoms with E-state index < -0.39 is 6.61 Å². The van der Waals surface area contributed by atoms with E-state index in [1.165, 1.54) is 0 Å². The standard InChI is InChI=1S/C20H26F2N4O2.CH2O2/c1-3-26-15(2)17(13-23-26)19(27)25-10-6-9-24(11-12-25)14-16-7-4-5-8-18(16)28-20(21)22;2-1-3/h4-5,7-8,13,20H,3,6,9-12,14H2,1-2H3;1H,(H,2,3). The molecule has 1 saturated heterocycles. The fourth-order valence-electron chi connectivity index (χ4n) is 3.56. The number of hydrogen-bond donors (Lipinski definition) is 1. The number of carbonyl (C=O) groups excluding carboxylic acids is 1. The van der Waals surface area contributed by atoms with E-state index in [1.807, 2.05) is 29.5 Å². The van der Waals surface area contributed by atoms with Gasteiger partial charge in [-0.15, -0.1) is 0 Å². The molecule has 0 spiro atoms. The smallest absolute Gasteiger partial charge is 0.387 e. The van der Waals surface area contributed by atoms with Gasteiger partial charge in [-0.3, -0.25) is 19.2 Å². The maximum atomic E-state index is 12.9. The summed E-state index contributed by atoms with van der Waals surface area (Å²) in [5.41, 5.74) is 2.25. The number of para-hydroxylation sites is 1. The lowest BCUT2D eigenvalue weighted by atomic mass is 10.2. The van der Waals surface area contributed by atoms with Gasteiger partial charge in [0.2, 0.25) is 0 Å². The van der Waals surface area contributed by atoms with Crippen LogP contribution in [0.5, 0.6) is 5.75 Å². The van der Waals surface area contributed by atoms with E-state index in [-0.39, 0.29) is 18.1 Å². The highest BCUT2D eigenvalue weighted by molar-refractivity contribution is 5.95. The normalized spacial score (nSPS) is 14.5. The molecule has 31 heavy (non-hydrogen) atoms. The van der Waals surface area contributed by atoms with Gasteiger partial charge in [-0.1, -0.05) is 18.2 Å². The van der Waals surface area contributed by atoms with E-state index in [1.54, 1.807) is 24.4 Å². The Morgan fingerprint density at radius 1 is 1.26 bits per heavy atom. The Morgan fingerprint density at radius 2 is 1.97 bits per heavy atom. The van der Waals surface area contributed by atoms with E-state index in [0.29, 0.717) is 31.7 Å². The lowest BCUT2D eigenvalue weighted by Gasteiger charge is -2.23. The van der Waals surface area contributed by atoms with E-state index >= 15 is 0 Å². The van der Waals surface area contributed by atoms with Crippen molar-refractivity contribution >= 4 is 12.4 Å². The molecule has 1 fully saturated rings. The van der Waals surface area contributed by atoms with Crippen molar-refractivity contribution in [1.82, 2.24) is 19.6 Å². The second-order valence-corrected chi connectivity index (χ2v) is 6.97. The lowest BCUT2D eigenvalue weighted by Crippen LogP contribution is -2.35. The largest absolute Gasteiger partial charge is 0.483 e. The molecule has 0 saturated carbocycles. The van der Waals surface area contributed by atoms with Crippen LogP contribution in [0.25, 0.3) is 0 Å². The summed E-state index contributed by atoms with van der Waals surface area (Å²) in [6, 6.07) is 6.86. The Bertz CT molecular complexity index is 860. The van der Waals surface area contributed by atoms with Gasteiger partial charge in [0, 0.05) is 50.5 Å². The molecule has 1 aromatic carbocycles. The molecule has 2 aromatic rings. The number of aryl methyl sites for hydroxylation is 1. The fourth-order valence-corrected chi connectivity index (χ4v) is 3.56. The van der Waals surface area contributed by atoms with Crippen LogP contribution in [0.1, 0.15) is 35.0 Å². The van der Waals surface area contributed by atoms with Gasteiger partial charge in [-0.2, -0.15) is 13.9 Å². The third kappa shape index (κ3) is 6.74. The van der Waals surface area contributed by atoms with Gasteiger partial charge in [-0.25, -0.2) is 0 Å². The summed E-state index contributed by atoms with van der Waals surface area (Å²) in [7, 11) is 0. The lowest BCUT2D eigenvalue weighted by molar-refractivity contribution is -0.122. The predicted molar refractivity (Wildman–Crippen MR) is 110 cm³/mol. The number of aromatic nitrogens is 2. The molecule has 0 bridgehead atoms. The molecular formula is C21H28F2N4O4. The Morgan fingerprint density at radius 3 is 2.61 bits per heavy atom. The first-order valence-corrected chi connectivity index (χ1v) is 10.1. The highest BCUT2D eigenvalue weighted by Gasteiger charge is 2.24. The minimum Gasteiger partial charge on any atom is -0.483 e. The highest BCUT2D eigenvalue weighted by Crippen LogP contribution is 2.23. The average Bonchev–Trinajstić information content (AvgIpc) is 2.95. The Kier molecular flexibility index (Phi) is 9.39. The number of alkyl halides is 2. The maximum absolute atomic E-state index is 12.9. The van der Waals surface area contributed by atoms with Crippen LogP contribution in [0.15, 0.2) is 30.5 Å². The molecule has 2 heterocycles. The summed E-state index contributed by atoms with van der Waals surface area (Å²) in [4.78, 5) is 25.3. The number of hydrogen-bond acceptors (Lipinski definition) is 5. The molecule has 1 amide bonds. The first-order chi connectivity index (χ1) is 14.9. The molecule has 1 aromatic heterocycles. The number of nitrogens with zero attached hydrogens (tertiary/aromatic N) is 4. The third-order valence-corrected chi connectivity index (χ3v) is 5.09. The summed E-state index contributed by atoms with van der Waals surface area (Å²) in [5.74, 6) is 0.206. The van der Waals surface area contributed by atoms with E-state index in [2.05, 4.69) is 14.7 Å². The van der Waals surface area contributed by atoms with Gasteiger partial charge < -0.3 is 14.7 Å². The predicted octanol–water partition coefficient (Wildman–Crippen LogP) is 2.86. The number of benzene rings is 1. The Balaban J connectivity index is 0.00000107. The van der Waals surface area contributed by atoms with E-state index in [4.69, 9.17) is 9.90 Å². The quantitative estimate of drug-likeness (QED) is 0.698. The molecule has 0 radical (unpaired) electrons. The van der Waals surface area contributed by atoms with Crippen LogP contribution >= 0.6 is 0 Å². The van der Waals surface area contributed by atoms with Crippen LogP contribution in [-0.2, 0) is 17.9 Å². The van der Waals surface area contributed by atoms with Crippen LogP contribution in [0.2, 0.25) is 0 Å². The second-order valence-electron chi connectivity index (χ2n) is 6.97. The zero-order chi connectivity index (χ0) is 22.8. The zero-order valence-corrected chi connectivity index (χ0v) is 17.7. The second kappa shape index (κ2) is 12.0. The van der Waals surface area contributed by atoms with Gasteiger partial charge in [0.1, 0.15) is 5.75 Å². The molecule has 8 nitrogen and oxygen atoms in total. The Labute approximate surface area is 180 Å². The van der Waals surface area contributed by atoms with Crippen molar-refractivity contribution in [1.29, 1.82) is 0 Å². The van der Waals surface area contributed by atoms with Crippen LogP contribution < -0.4 is 4.74 Å². The van der Waals surface area contributed by atoms with Crippen molar-refractivity contribution in [3.8, 4) is 5.75 Å². The minimum absolute atomic E-state index is 0.000448. The van der Waals surface area contributed by atoms with Gasteiger partial charge in [-0.05, 0) is 26.3 Å². The molecule has 170 valence electrons. The van der Waals surface area contributed by atoms with E-state index in [9.17, 15) is 13.6 Å². The zero-order valence-electron chi connectivity index (χ0n) is 17.7. The summed E-state index contributed by atoms with van der Waals surface area (Å²) < 4.78 is 31.7. The molecule has 0 unspecified atom stereocenters. The van der Waals surface area contributed by atoms with Gasteiger partial charge in [0.15, 0.2) is 0 Å². The first kappa shape index (κ1) is 24.3. The molecular weight excluding hydrogens is 410 g/mol. The number of carboxylic acid groups (broad SMARTS) is 1. The third-order valence-electron chi connectivity index (χ3n) is 5.09. The van der Waals surface area contributed by atoms with E-state index in [0.717, 1.165) is 30.8 Å². The SMILES string of the molecule is CCn1ncc(C(=O)N2CCCN(Cc3ccccc3OC(F)F)CC2)c1C.O=CO. The molecule has 1 aliphatic heterocycles.